The summed E-state index contributed by atoms with van der Waals surface area (Å²) in [6, 6.07) is 45.1. The summed E-state index contributed by atoms with van der Waals surface area (Å²) in [4.78, 5) is 29.1. The summed E-state index contributed by atoms with van der Waals surface area (Å²) >= 11 is 0. The monoisotopic (exact) mass is 1210 g/mol. The third-order valence-corrected chi connectivity index (χ3v) is 16.0. The van der Waals surface area contributed by atoms with E-state index in [2.05, 4.69) is 161 Å². The van der Waals surface area contributed by atoms with Gasteiger partial charge in [-0.3, -0.25) is 20.0 Å². The molecule has 16 heteroatoms. The molecule has 0 saturated heterocycles. The van der Waals surface area contributed by atoms with Crippen molar-refractivity contribution in [3.8, 4) is 46.0 Å². The molecule has 0 aromatic heterocycles. The molecule has 0 saturated carbocycles. The number of fused-ring (bicyclic) bond motifs is 4. The maximum atomic E-state index is 6.66. The van der Waals surface area contributed by atoms with E-state index in [0.717, 1.165) is 176 Å². The van der Waals surface area contributed by atoms with Crippen molar-refractivity contribution in [2.24, 2.45) is 20.0 Å². The highest BCUT2D eigenvalue weighted by Gasteiger charge is 2.26. The van der Waals surface area contributed by atoms with Crippen molar-refractivity contribution in [1.82, 2.24) is 19.6 Å². The molecule has 0 spiro atoms. The number of rotatable bonds is 34. The number of ether oxygens (including phenoxy) is 8. The van der Waals surface area contributed by atoms with Crippen molar-refractivity contribution in [3.05, 3.63) is 178 Å². The second-order valence-electron chi connectivity index (χ2n) is 24.4. The molecule has 0 amide bonds. The molecule has 16 nitrogen and oxygen atoms in total. The van der Waals surface area contributed by atoms with Crippen LogP contribution in [0.5, 0.6) is 46.0 Å². The topological polar surface area (TPSA) is 136 Å². The van der Waals surface area contributed by atoms with Gasteiger partial charge < -0.3 is 57.5 Å². The minimum absolute atomic E-state index is 0.306. The fraction of sp³-hybridized carbons (Fsp3) is 0.378. The molecule has 0 unspecified atom stereocenters. The van der Waals surface area contributed by atoms with Crippen LogP contribution < -0.4 is 37.9 Å². The number of benzene rings is 7. The molecule has 0 atom stereocenters. The first-order valence-corrected chi connectivity index (χ1v) is 31.7. The van der Waals surface area contributed by atoms with E-state index in [-0.39, 0.29) is 0 Å². The Morgan fingerprint density at radius 1 is 0.278 bits per heavy atom. The molecular weight excluding hydrogens is 1130 g/mol. The third kappa shape index (κ3) is 17.0. The van der Waals surface area contributed by atoms with Crippen molar-refractivity contribution >= 4 is 45.6 Å². The summed E-state index contributed by atoms with van der Waals surface area (Å²) in [7, 11) is 16.6. The van der Waals surface area contributed by atoms with Crippen LogP contribution in [-0.2, 0) is 25.7 Å². The van der Waals surface area contributed by atoms with Crippen LogP contribution in [0.1, 0.15) is 70.2 Å². The molecule has 90 heavy (non-hydrogen) atoms. The van der Waals surface area contributed by atoms with E-state index in [4.69, 9.17) is 57.9 Å². The molecule has 4 heterocycles. The normalized spacial score (nSPS) is 13.6. The number of hydrogen-bond acceptors (Lipinski definition) is 16. The third-order valence-electron chi connectivity index (χ3n) is 16.0. The lowest BCUT2D eigenvalue weighted by atomic mass is 9.98. The predicted octanol–water partition coefficient (Wildman–Crippen LogP) is 12.6. The van der Waals surface area contributed by atoms with E-state index in [9.17, 15) is 0 Å². The lowest BCUT2D eigenvalue weighted by molar-refractivity contribution is 0.213. The lowest BCUT2D eigenvalue weighted by Crippen LogP contribution is -2.15. The van der Waals surface area contributed by atoms with E-state index >= 15 is 0 Å². The van der Waals surface area contributed by atoms with Crippen LogP contribution in [0.25, 0.3) is 0 Å². The Bertz CT molecular complexity index is 3500. The van der Waals surface area contributed by atoms with Crippen LogP contribution in [0.2, 0.25) is 0 Å². The van der Waals surface area contributed by atoms with E-state index in [1.54, 1.807) is 0 Å². The Morgan fingerprint density at radius 2 is 0.544 bits per heavy atom. The second kappa shape index (κ2) is 30.3. The summed E-state index contributed by atoms with van der Waals surface area (Å²) in [5.41, 5.74) is 16.1. The first-order chi connectivity index (χ1) is 43.8. The van der Waals surface area contributed by atoms with Crippen LogP contribution >= 0.6 is 0 Å². The van der Waals surface area contributed by atoms with Crippen LogP contribution in [0.15, 0.2) is 153 Å². The molecular formula is C74H86N8O8. The van der Waals surface area contributed by atoms with Gasteiger partial charge in [-0.25, -0.2) is 0 Å². The fourth-order valence-electron chi connectivity index (χ4n) is 11.4. The SMILES string of the molecule is CN(C)CCCOc1ccc2c(c1)CC(c1ccc(C3=Nc4ccc(OCCCN(C)C)cc4C3)c(OCCOc3ccc(OCCOc4cc(C5=Nc6ccc(OCCCN(C)C)cc6C5)ccc4C4=Nc5ccc(OCCCN(C)C)cc5C4)cc3)c1)=N2. The first kappa shape index (κ1) is 63.0. The highest BCUT2D eigenvalue weighted by atomic mass is 16.5. The van der Waals surface area contributed by atoms with Gasteiger partial charge in [0.2, 0.25) is 0 Å². The number of nitrogens with zero attached hydrogens (tertiary/aromatic N) is 8. The highest BCUT2D eigenvalue weighted by molar-refractivity contribution is 6.12. The maximum Gasteiger partial charge on any atom is 0.129 e. The zero-order valence-corrected chi connectivity index (χ0v) is 53.7. The number of aliphatic imine (C=N–C) groups is 4. The van der Waals surface area contributed by atoms with Crippen LogP contribution in [-0.4, -0.2) is 178 Å². The van der Waals surface area contributed by atoms with E-state index in [0.29, 0.717) is 90.0 Å². The molecule has 0 bridgehead atoms. The van der Waals surface area contributed by atoms with Gasteiger partial charge in [0, 0.05) is 74.1 Å². The van der Waals surface area contributed by atoms with Gasteiger partial charge in [0.25, 0.3) is 0 Å². The Labute approximate surface area is 531 Å². The largest absolute Gasteiger partial charge is 0.494 e. The highest BCUT2D eigenvalue weighted by Crippen LogP contribution is 2.40. The van der Waals surface area contributed by atoms with Crippen LogP contribution in [0.3, 0.4) is 0 Å². The molecule has 4 aliphatic heterocycles. The van der Waals surface area contributed by atoms with Gasteiger partial charge >= 0.3 is 0 Å². The Balaban J connectivity index is 0.718. The van der Waals surface area contributed by atoms with Gasteiger partial charge in [0.15, 0.2) is 0 Å². The summed E-state index contributed by atoms with van der Waals surface area (Å²) in [5.74, 6) is 6.32. The van der Waals surface area contributed by atoms with Crippen molar-refractivity contribution in [2.45, 2.75) is 51.4 Å². The first-order valence-electron chi connectivity index (χ1n) is 31.7. The van der Waals surface area contributed by atoms with Crippen molar-refractivity contribution in [2.75, 3.05) is 135 Å². The average Bonchev–Trinajstić information content (AvgIpc) is 1.71. The van der Waals surface area contributed by atoms with Gasteiger partial charge in [-0.2, -0.15) is 0 Å². The summed E-state index contributed by atoms with van der Waals surface area (Å²) in [6.45, 7) is 7.79. The lowest BCUT2D eigenvalue weighted by Gasteiger charge is -2.15. The van der Waals surface area contributed by atoms with Gasteiger partial charge in [0.1, 0.15) is 72.4 Å². The minimum atomic E-state index is 0.306. The predicted molar refractivity (Wildman–Crippen MR) is 361 cm³/mol. The molecule has 4 aliphatic rings. The van der Waals surface area contributed by atoms with Crippen LogP contribution in [0.4, 0.5) is 22.7 Å². The van der Waals surface area contributed by atoms with Crippen LogP contribution in [0, 0.1) is 0 Å². The molecule has 0 N–H and O–H groups in total. The maximum absolute atomic E-state index is 6.66. The fourth-order valence-corrected chi connectivity index (χ4v) is 11.4. The quantitative estimate of drug-likeness (QED) is 0.0355. The summed E-state index contributed by atoms with van der Waals surface area (Å²) in [5, 5.41) is 0. The van der Waals surface area contributed by atoms with E-state index in [1.807, 2.05) is 48.5 Å². The molecule has 0 fully saturated rings. The van der Waals surface area contributed by atoms with Crippen molar-refractivity contribution < 1.29 is 37.9 Å². The second-order valence-corrected chi connectivity index (χ2v) is 24.4. The molecule has 470 valence electrons. The van der Waals surface area contributed by atoms with Crippen molar-refractivity contribution in [3.63, 3.8) is 0 Å². The van der Waals surface area contributed by atoms with Gasteiger partial charge in [-0.05, 0) is 226 Å². The average molecular weight is 1220 g/mol. The smallest absolute Gasteiger partial charge is 0.129 e. The van der Waals surface area contributed by atoms with E-state index < -0.39 is 0 Å². The van der Waals surface area contributed by atoms with E-state index in [1.165, 1.54) is 0 Å². The molecule has 0 aliphatic carbocycles. The summed E-state index contributed by atoms with van der Waals surface area (Å²) in [6.07, 6.45) is 6.54. The molecule has 7 aromatic carbocycles. The summed E-state index contributed by atoms with van der Waals surface area (Å²) < 4.78 is 50.4. The Kier molecular flexibility index (Phi) is 21.2. The molecule has 11 rings (SSSR count). The Hall–Kier alpha value is -8.54. The molecule has 7 aromatic rings. The minimum Gasteiger partial charge on any atom is -0.494 e. The standard InChI is InChI=1S/C74H86N8O8/c1-79(2)29-9-33-83-59-19-25-65-53(41-59)45-69(75-65)51-13-23-63(71-47-55-43-61(21-27-67(55)77-71)85-35-11-31-81(5)6)73(49-51)89-39-37-87-57-15-17-58(18-16-57)88-38-40-90-74-50-52(70-46-54-42-60(20-26-66(54)76-70)84-34-10-30-80(3)4)14-24-64(74)72-48-56-44-62(22-28-68(56)78-72)86-36-12-32-82(7)8/h13-28,41-44,49-50H,9-12,29-40,45-48H2,1-8H3. The molecule has 0 radical (unpaired) electrons. The zero-order valence-electron chi connectivity index (χ0n) is 53.7. The zero-order chi connectivity index (χ0) is 62.3. The van der Waals surface area contributed by atoms with Gasteiger partial charge in [-0.1, -0.05) is 12.1 Å². The number of hydrogen-bond donors (Lipinski definition) is 0. The Morgan fingerprint density at radius 3 is 0.856 bits per heavy atom. The van der Waals surface area contributed by atoms with Gasteiger partial charge in [0.05, 0.1) is 72.0 Å². The van der Waals surface area contributed by atoms with Gasteiger partial charge in [-0.15, -0.1) is 0 Å². The van der Waals surface area contributed by atoms with Crippen molar-refractivity contribution in [1.29, 1.82) is 0 Å².